The van der Waals surface area contributed by atoms with Crippen LogP contribution in [0.5, 0.6) is 0 Å². The predicted molar refractivity (Wildman–Crippen MR) is 71.1 cm³/mol. The van der Waals surface area contributed by atoms with E-state index in [1.54, 1.807) is 0 Å². The van der Waals surface area contributed by atoms with Gasteiger partial charge in [0.05, 0.1) is 5.56 Å². The van der Waals surface area contributed by atoms with E-state index in [4.69, 9.17) is 0 Å². The zero-order valence-corrected chi connectivity index (χ0v) is 11.6. The molecule has 1 aromatic rings. The average Bonchev–Trinajstić information content (AvgIpc) is 2.89. The molecule has 0 heterocycles. The van der Waals surface area contributed by atoms with Crippen molar-refractivity contribution in [3.8, 4) is 0 Å². The molecule has 1 fully saturated rings. The number of aliphatic hydroxyl groups is 1. The number of nitrogens with one attached hydrogen (secondary N) is 1. The minimum absolute atomic E-state index is 0.0806. The smallest absolute Gasteiger partial charge is 0.396 e. The Hall–Kier alpha value is -1.14. The van der Waals surface area contributed by atoms with Crippen LogP contribution in [0.15, 0.2) is 18.2 Å². The molecule has 0 spiro atoms. The third kappa shape index (κ3) is 3.95. The fraction of sp³-hybridized carbons (Fsp3) is 0.600. The van der Waals surface area contributed by atoms with E-state index in [-0.39, 0.29) is 18.6 Å². The van der Waals surface area contributed by atoms with E-state index < -0.39 is 17.6 Å². The summed E-state index contributed by atoms with van der Waals surface area (Å²) >= 11 is 0. The molecule has 1 aliphatic carbocycles. The number of hydrogen-bond donors (Lipinski definition) is 2. The van der Waals surface area contributed by atoms with E-state index in [1.165, 1.54) is 6.07 Å². The number of benzene rings is 1. The Morgan fingerprint density at radius 3 is 2.43 bits per heavy atom. The summed E-state index contributed by atoms with van der Waals surface area (Å²) in [5.41, 5.74) is -1.01. The van der Waals surface area contributed by atoms with E-state index in [0.717, 1.165) is 37.8 Å². The molecule has 1 saturated carbocycles. The van der Waals surface area contributed by atoms with Gasteiger partial charge in [-0.3, -0.25) is 0 Å². The van der Waals surface area contributed by atoms with Crippen molar-refractivity contribution >= 4 is 0 Å². The first-order valence-corrected chi connectivity index (χ1v) is 7.04. The Labute approximate surface area is 121 Å². The second-order valence-electron chi connectivity index (χ2n) is 5.78. The predicted octanol–water partition coefficient (Wildman–Crippen LogP) is 3.49. The molecule has 0 saturated heterocycles. The third-order valence-corrected chi connectivity index (χ3v) is 4.16. The van der Waals surface area contributed by atoms with Gasteiger partial charge in [-0.1, -0.05) is 18.9 Å². The molecule has 6 heteroatoms. The maximum Gasteiger partial charge on any atom is 0.419 e. The minimum Gasteiger partial charge on any atom is -0.396 e. The van der Waals surface area contributed by atoms with Crippen molar-refractivity contribution in [3.63, 3.8) is 0 Å². The van der Waals surface area contributed by atoms with Gasteiger partial charge in [-0.25, -0.2) is 4.39 Å². The zero-order chi connectivity index (χ0) is 15.5. The first-order valence-electron chi connectivity index (χ1n) is 7.04. The highest BCUT2D eigenvalue weighted by molar-refractivity contribution is 5.27. The lowest BCUT2D eigenvalue weighted by Gasteiger charge is -2.26. The average molecular weight is 305 g/mol. The van der Waals surface area contributed by atoms with Gasteiger partial charge in [0.1, 0.15) is 5.82 Å². The molecule has 21 heavy (non-hydrogen) atoms. The normalized spacial score (nSPS) is 18.1. The van der Waals surface area contributed by atoms with Gasteiger partial charge in [-0.2, -0.15) is 13.2 Å². The van der Waals surface area contributed by atoms with Gasteiger partial charge in [0.2, 0.25) is 0 Å². The second-order valence-corrected chi connectivity index (χ2v) is 5.78. The molecule has 118 valence electrons. The molecule has 1 aliphatic rings. The maximum absolute atomic E-state index is 13.2. The van der Waals surface area contributed by atoms with Gasteiger partial charge < -0.3 is 10.4 Å². The van der Waals surface area contributed by atoms with E-state index in [9.17, 15) is 22.7 Å². The highest BCUT2D eigenvalue weighted by Gasteiger charge is 2.34. The molecule has 0 aliphatic heterocycles. The van der Waals surface area contributed by atoms with E-state index in [1.807, 2.05) is 0 Å². The Bertz CT molecular complexity index is 481. The second kappa shape index (κ2) is 6.32. The van der Waals surface area contributed by atoms with Crippen molar-refractivity contribution in [3.05, 3.63) is 35.1 Å². The number of rotatable bonds is 5. The first kappa shape index (κ1) is 16.2. The van der Waals surface area contributed by atoms with Crippen LogP contribution in [0, 0.1) is 11.2 Å². The Balaban J connectivity index is 1.97. The summed E-state index contributed by atoms with van der Waals surface area (Å²) in [7, 11) is 0. The summed E-state index contributed by atoms with van der Waals surface area (Å²) in [5.74, 6) is -1.26. The monoisotopic (exact) mass is 305 g/mol. The molecule has 0 radical (unpaired) electrons. The van der Waals surface area contributed by atoms with Crippen molar-refractivity contribution in [1.82, 2.24) is 5.32 Å². The van der Waals surface area contributed by atoms with Crippen LogP contribution in [0.2, 0.25) is 0 Å². The summed E-state index contributed by atoms with van der Waals surface area (Å²) in [6, 6.07) is 3.03. The summed E-state index contributed by atoms with van der Waals surface area (Å²) in [4.78, 5) is 0. The van der Waals surface area contributed by atoms with Crippen molar-refractivity contribution in [1.29, 1.82) is 0 Å². The molecular weight excluding hydrogens is 286 g/mol. The van der Waals surface area contributed by atoms with Gasteiger partial charge >= 0.3 is 6.18 Å². The molecular formula is C15H19F4NO. The van der Waals surface area contributed by atoms with Crippen molar-refractivity contribution in [2.75, 3.05) is 13.2 Å². The molecule has 1 aromatic carbocycles. The third-order valence-electron chi connectivity index (χ3n) is 4.16. The summed E-state index contributed by atoms with van der Waals surface area (Å²) < 4.78 is 51.0. The van der Waals surface area contributed by atoms with Crippen LogP contribution in [0.3, 0.4) is 0 Å². The van der Waals surface area contributed by atoms with Crippen molar-refractivity contribution in [2.24, 2.45) is 5.41 Å². The van der Waals surface area contributed by atoms with Gasteiger partial charge in [-0.15, -0.1) is 0 Å². The first-order chi connectivity index (χ1) is 9.86. The molecule has 2 rings (SSSR count). The summed E-state index contributed by atoms with van der Waals surface area (Å²) in [5, 5.41) is 12.5. The highest BCUT2D eigenvalue weighted by atomic mass is 19.4. The summed E-state index contributed by atoms with van der Waals surface area (Å²) in [6.07, 6.45) is -0.701. The largest absolute Gasteiger partial charge is 0.419 e. The zero-order valence-electron chi connectivity index (χ0n) is 11.6. The van der Waals surface area contributed by atoms with Crippen molar-refractivity contribution in [2.45, 2.75) is 38.4 Å². The van der Waals surface area contributed by atoms with Crippen LogP contribution in [-0.4, -0.2) is 18.3 Å². The Morgan fingerprint density at radius 2 is 1.86 bits per heavy atom. The standard InChI is InChI=1S/C15H19F4NO/c16-13-4-3-11(7-12(13)15(17,18)19)8-20-9-14(10-21)5-1-2-6-14/h3-4,7,20-21H,1-2,5-6,8-10H2. The van der Waals surface area contributed by atoms with Gasteiger partial charge in [0.15, 0.2) is 0 Å². The lowest BCUT2D eigenvalue weighted by Crippen LogP contribution is -2.34. The molecule has 2 nitrogen and oxygen atoms in total. The van der Waals surface area contributed by atoms with Crippen LogP contribution in [-0.2, 0) is 12.7 Å². The molecule has 0 atom stereocenters. The lowest BCUT2D eigenvalue weighted by molar-refractivity contribution is -0.140. The van der Waals surface area contributed by atoms with Crippen LogP contribution in [0.25, 0.3) is 0 Å². The molecule has 0 bridgehead atoms. The number of halogens is 4. The summed E-state index contributed by atoms with van der Waals surface area (Å²) in [6.45, 7) is 0.866. The molecule has 0 aromatic heterocycles. The number of aliphatic hydroxyl groups excluding tert-OH is 1. The molecule has 0 unspecified atom stereocenters. The topological polar surface area (TPSA) is 32.3 Å². The minimum atomic E-state index is -4.68. The highest BCUT2D eigenvalue weighted by Crippen LogP contribution is 2.37. The number of hydrogen-bond acceptors (Lipinski definition) is 2. The van der Waals surface area contributed by atoms with Crippen LogP contribution < -0.4 is 5.32 Å². The van der Waals surface area contributed by atoms with E-state index >= 15 is 0 Å². The van der Waals surface area contributed by atoms with Crippen molar-refractivity contribution < 1.29 is 22.7 Å². The van der Waals surface area contributed by atoms with E-state index in [0.29, 0.717) is 12.1 Å². The number of alkyl halides is 3. The van der Waals surface area contributed by atoms with E-state index in [2.05, 4.69) is 5.32 Å². The SMILES string of the molecule is OCC1(CNCc2ccc(F)c(C(F)(F)F)c2)CCCC1. The Kier molecular flexibility index (Phi) is 4.88. The lowest BCUT2D eigenvalue weighted by atomic mass is 9.87. The fourth-order valence-corrected chi connectivity index (χ4v) is 2.89. The van der Waals surface area contributed by atoms with Crippen LogP contribution in [0.4, 0.5) is 17.6 Å². The van der Waals surface area contributed by atoms with Crippen LogP contribution in [0.1, 0.15) is 36.8 Å². The van der Waals surface area contributed by atoms with Gasteiger partial charge in [0, 0.05) is 25.1 Å². The maximum atomic E-state index is 13.2. The Morgan fingerprint density at radius 1 is 1.19 bits per heavy atom. The van der Waals surface area contributed by atoms with Gasteiger partial charge in [-0.05, 0) is 30.5 Å². The fourth-order valence-electron chi connectivity index (χ4n) is 2.89. The van der Waals surface area contributed by atoms with Gasteiger partial charge in [0.25, 0.3) is 0 Å². The van der Waals surface area contributed by atoms with Crippen LogP contribution >= 0.6 is 0 Å². The molecule has 0 amide bonds. The molecule has 2 N–H and O–H groups in total. The quantitative estimate of drug-likeness (QED) is 0.816.